The minimum absolute atomic E-state index is 0.104. The number of amides is 1. The van der Waals surface area contributed by atoms with Crippen molar-refractivity contribution in [2.24, 2.45) is 5.92 Å². The first-order valence-corrected chi connectivity index (χ1v) is 7.09. The molecule has 1 aromatic carbocycles. The third-order valence-corrected chi connectivity index (χ3v) is 4.21. The van der Waals surface area contributed by atoms with Crippen molar-refractivity contribution in [1.29, 1.82) is 0 Å². The average Bonchev–Trinajstić information content (AvgIpc) is 2.86. The fraction of sp³-hybridized carbons (Fsp3) is 0.533. The highest BCUT2D eigenvalue weighted by Crippen LogP contribution is 2.29. The van der Waals surface area contributed by atoms with Crippen LogP contribution >= 0.6 is 11.6 Å². The molecule has 0 aliphatic heterocycles. The van der Waals surface area contributed by atoms with E-state index < -0.39 is 0 Å². The lowest BCUT2D eigenvalue weighted by Gasteiger charge is -2.11. The molecule has 0 spiro atoms. The standard InChI is InChI=1S/C15H20ClNO/c1-11-13(16)7-4-8-14(11)17-15(18)10-9-12-5-2-3-6-12/h4,7-8,12H,2-3,5-6,9-10H2,1H3,(H,17,18). The highest BCUT2D eigenvalue weighted by Gasteiger charge is 2.16. The Bertz CT molecular complexity index is 425. The molecule has 1 aliphatic rings. The van der Waals surface area contributed by atoms with Crippen molar-refractivity contribution >= 4 is 23.2 Å². The van der Waals surface area contributed by atoms with E-state index in [2.05, 4.69) is 5.32 Å². The smallest absolute Gasteiger partial charge is 0.224 e. The van der Waals surface area contributed by atoms with Crippen LogP contribution in [0.4, 0.5) is 5.69 Å². The van der Waals surface area contributed by atoms with Gasteiger partial charge in [0.05, 0.1) is 0 Å². The van der Waals surface area contributed by atoms with E-state index in [0.29, 0.717) is 11.4 Å². The maximum absolute atomic E-state index is 11.9. The number of hydrogen-bond acceptors (Lipinski definition) is 1. The van der Waals surface area contributed by atoms with E-state index in [-0.39, 0.29) is 5.91 Å². The molecule has 18 heavy (non-hydrogen) atoms. The molecule has 3 heteroatoms. The average molecular weight is 266 g/mol. The number of rotatable bonds is 4. The van der Waals surface area contributed by atoms with Crippen molar-refractivity contribution in [3.8, 4) is 0 Å². The van der Waals surface area contributed by atoms with Crippen LogP contribution in [0, 0.1) is 12.8 Å². The summed E-state index contributed by atoms with van der Waals surface area (Å²) in [5.74, 6) is 0.864. The van der Waals surface area contributed by atoms with Crippen molar-refractivity contribution in [2.45, 2.75) is 45.4 Å². The van der Waals surface area contributed by atoms with Gasteiger partial charge in [0.2, 0.25) is 5.91 Å². The van der Waals surface area contributed by atoms with Crippen LogP contribution in [0.25, 0.3) is 0 Å². The normalized spacial score (nSPS) is 15.9. The van der Waals surface area contributed by atoms with Gasteiger partial charge in [-0.3, -0.25) is 4.79 Å². The predicted octanol–water partition coefficient (Wildman–Crippen LogP) is 4.56. The number of carbonyl (C=O) groups excluding carboxylic acids is 1. The Hall–Kier alpha value is -1.02. The van der Waals surface area contributed by atoms with Gasteiger partial charge in [0.1, 0.15) is 0 Å². The minimum Gasteiger partial charge on any atom is -0.326 e. The molecule has 0 radical (unpaired) electrons. The molecule has 0 aromatic heterocycles. The highest BCUT2D eigenvalue weighted by atomic mass is 35.5. The SMILES string of the molecule is Cc1c(Cl)cccc1NC(=O)CCC1CCCC1. The third-order valence-electron chi connectivity index (χ3n) is 3.80. The van der Waals surface area contributed by atoms with E-state index in [1.54, 1.807) is 0 Å². The summed E-state index contributed by atoms with van der Waals surface area (Å²) in [6.07, 6.45) is 6.90. The van der Waals surface area contributed by atoms with E-state index >= 15 is 0 Å². The van der Waals surface area contributed by atoms with Crippen LogP contribution in [0.2, 0.25) is 5.02 Å². The van der Waals surface area contributed by atoms with Crippen LogP contribution in [-0.4, -0.2) is 5.91 Å². The quantitative estimate of drug-likeness (QED) is 0.850. The van der Waals surface area contributed by atoms with E-state index in [1.165, 1.54) is 25.7 Å². The molecule has 0 bridgehead atoms. The van der Waals surface area contributed by atoms with Crippen molar-refractivity contribution in [3.63, 3.8) is 0 Å². The Labute approximate surface area is 114 Å². The summed E-state index contributed by atoms with van der Waals surface area (Å²) in [7, 11) is 0. The molecule has 0 atom stereocenters. The Morgan fingerprint density at radius 1 is 1.39 bits per heavy atom. The maximum Gasteiger partial charge on any atom is 0.224 e. The van der Waals surface area contributed by atoms with Gasteiger partial charge < -0.3 is 5.32 Å². The third kappa shape index (κ3) is 3.49. The molecule has 98 valence electrons. The summed E-state index contributed by atoms with van der Waals surface area (Å²) in [6, 6.07) is 5.60. The number of anilines is 1. The van der Waals surface area contributed by atoms with Crippen LogP contribution in [0.1, 0.15) is 44.1 Å². The molecule has 2 nitrogen and oxygen atoms in total. The molecule has 0 heterocycles. The molecular weight excluding hydrogens is 246 g/mol. The summed E-state index contributed by atoms with van der Waals surface area (Å²) in [5.41, 5.74) is 1.77. The second-order valence-corrected chi connectivity index (χ2v) is 5.56. The molecule has 0 saturated heterocycles. The molecule has 2 rings (SSSR count). The Morgan fingerprint density at radius 3 is 2.83 bits per heavy atom. The summed E-state index contributed by atoms with van der Waals surface area (Å²) >= 11 is 6.03. The molecule has 1 aromatic rings. The van der Waals surface area contributed by atoms with Crippen LogP contribution in [0.15, 0.2) is 18.2 Å². The Balaban J connectivity index is 1.84. The molecule has 1 N–H and O–H groups in total. The predicted molar refractivity (Wildman–Crippen MR) is 76.0 cm³/mol. The lowest BCUT2D eigenvalue weighted by molar-refractivity contribution is -0.116. The van der Waals surface area contributed by atoms with Crippen molar-refractivity contribution in [1.82, 2.24) is 0 Å². The number of carbonyl (C=O) groups is 1. The minimum atomic E-state index is 0.104. The molecule has 0 unspecified atom stereocenters. The second-order valence-electron chi connectivity index (χ2n) is 5.15. The van der Waals surface area contributed by atoms with Crippen molar-refractivity contribution in [3.05, 3.63) is 28.8 Å². The zero-order valence-corrected chi connectivity index (χ0v) is 11.6. The number of halogens is 1. The van der Waals surface area contributed by atoms with E-state index in [4.69, 9.17) is 11.6 Å². The fourth-order valence-corrected chi connectivity index (χ4v) is 2.76. The lowest BCUT2D eigenvalue weighted by Crippen LogP contribution is -2.13. The summed E-state index contributed by atoms with van der Waals surface area (Å²) < 4.78 is 0. The van der Waals surface area contributed by atoms with E-state index in [0.717, 1.165) is 23.6 Å². The second kappa shape index (κ2) is 6.24. The fourth-order valence-electron chi connectivity index (χ4n) is 2.59. The maximum atomic E-state index is 11.9. The Morgan fingerprint density at radius 2 is 2.11 bits per heavy atom. The monoisotopic (exact) mass is 265 g/mol. The summed E-state index contributed by atoms with van der Waals surface area (Å²) in [6.45, 7) is 1.93. The van der Waals surface area contributed by atoms with Gasteiger partial charge >= 0.3 is 0 Å². The van der Waals surface area contributed by atoms with Gasteiger partial charge in [0, 0.05) is 17.1 Å². The highest BCUT2D eigenvalue weighted by molar-refractivity contribution is 6.31. The van der Waals surface area contributed by atoms with Crippen molar-refractivity contribution < 1.29 is 4.79 Å². The van der Waals surface area contributed by atoms with Gasteiger partial charge in [0.15, 0.2) is 0 Å². The van der Waals surface area contributed by atoms with Gasteiger partial charge in [-0.2, -0.15) is 0 Å². The van der Waals surface area contributed by atoms with Crippen LogP contribution in [0.5, 0.6) is 0 Å². The van der Waals surface area contributed by atoms with Gasteiger partial charge in [-0.15, -0.1) is 0 Å². The Kier molecular flexibility index (Phi) is 4.65. The molecule has 1 aliphatic carbocycles. The first kappa shape index (κ1) is 13.4. The van der Waals surface area contributed by atoms with Gasteiger partial charge in [-0.1, -0.05) is 43.4 Å². The zero-order chi connectivity index (χ0) is 13.0. The zero-order valence-electron chi connectivity index (χ0n) is 10.8. The number of hydrogen-bond donors (Lipinski definition) is 1. The summed E-state index contributed by atoms with van der Waals surface area (Å²) in [5, 5.41) is 3.65. The van der Waals surface area contributed by atoms with Crippen LogP contribution in [-0.2, 0) is 4.79 Å². The molecule has 1 saturated carbocycles. The summed E-state index contributed by atoms with van der Waals surface area (Å²) in [4.78, 5) is 11.9. The van der Waals surface area contributed by atoms with Gasteiger partial charge in [0.25, 0.3) is 0 Å². The lowest BCUT2D eigenvalue weighted by atomic mass is 10.0. The molecular formula is C15H20ClNO. The van der Waals surface area contributed by atoms with E-state index in [9.17, 15) is 4.79 Å². The van der Waals surface area contributed by atoms with E-state index in [1.807, 2.05) is 25.1 Å². The number of nitrogens with one attached hydrogen (secondary N) is 1. The van der Waals surface area contributed by atoms with Gasteiger partial charge in [-0.25, -0.2) is 0 Å². The first-order chi connectivity index (χ1) is 8.66. The van der Waals surface area contributed by atoms with Crippen LogP contribution < -0.4 is 5.32 Å². The molecule has 1 amide bonds. The largest absolute Gasteiger partial charge is 0.326 e. The van der Waals surface area contributed by atoms with Crippen LogP contribution in [0.3, 0.4) is 0 Å². The number of benzene rings is 1. The topological polar surface area (TPSA) is 29.1 Å². The van der Waals surface area contributed by atoms with Gasteiger partial charge in [-0.05, 0) is 37.0 Å². The first-order valence-electron chi connectivity index (χ1n) is 6.72. The van der Waals surface area contributed by atoms with Crippen molar-refractivity contribution in [2.75, 3.05) is 5.32 Å². The molecule has 1 fully saturated rings.